The molecule has 3 nitrogen and oxygen atoms in total. The van der Waals surface area contributed by atoms with Crippen molar-refractivity contribution in [3.8, 4) is 0 Å². The van der Waals surface area contributed by atoms with Crippen LogP contribution in [0.15, 0.2) is 12.7 Å². The number of nitrogens with one attached hydrogen (secondary N) is 1. The summed E-state index contributed by atoms with van der Waals surface area (Å²) in [4.78, 5) is 13.6. The minimum Gasteiger partial charge on any atom is -0.342 e. The summed E-state index contributed by atoms with van der Waals surface area (Å²) in [6.07, 6.45) is 7.21. The number of likely N-dealkylation sites (tertiary alicyclic amines) is 1. The summed E-state index contributed by atoms with van der Waals surface area (Å²) in [5.41, 5.74) is 0. The molecule has 0 atom stereocenters. The number of hydrogen-bond donors (Lipinski definition) is 1. The zero-order chi connectivity index (χ0) is 11.4. The molecule has 90 valence electrons. The quantitative estimate of drug-likeness (QED) is 0.716. The third kappa shape index (κ3) is 3.34. The second-order valence-electron chi connectivity index (χ2n) is 5.00. The van der Waals surface area contributed by atoms with Crippen LogP contribution in [0.2, 0.25) is 0 Å². The van der Waals surface area contributed by atoms with Crippen molar-refractivity contribution in [3.63, 3.8) is 0 Å². The summed E-state index contributed by atoms with van der Waals surface area (Å²) < 4.78 is 0. The van der Waals surface area contributed by atoms with E-state index >= 15 is 0 Å². The van der Waals surface area contributed by atoms with E-state index in [2.05, 4.69) is 11.9 Å². The Kier molecular flexibility index (Phi) is 3.99. The van der Waals surface area contributed by atoms with Gasteiger partial charge in [-0.25, -0.2) is 0 Å². The summed E-state index contributed by atoms with van der Waals surface area (Å²) in [5, 5.41) is 3.62. The Morgan fingerprint density at radius 2 is 2.00 bits per heavy atom. The van der Waals surface area contributed by atoms with E-state index in [1.165, 1.54) is 19.4 Å². The minimum atomic E-state index is 0.232. The fourth-order valence-corrected chi connectivity index (χ4v) is 2.24. The lowest BCUT2D eigenvalue weighted by Crippen LogP contribution is -2.45. The van der Waals surface area contributed by atoms with E-state index in [1.807, 2.05) is 4.90 Å². The monoisotopic (exact) mass is 222 g/mol. The molecule has 1 amide bonds. The largest absolute Gasteiger partial charge is 0.342 e. The molecule has 2 rings (SSSR count). The molecule has 2 aliphatic rings. The lowest BCUT2D eigenvalue weighted by atomic mass is 10.0. The van der Waals surface area contributed by atoms with Gasteiger partial charge in [0.05, 0.1) is 0 Å². The van der Waals surface area contributed by atoms with E-state index in [0.717, 1.165) is 31.8 Å². The number of carbonyl (C=O) groups is 1. The van der Waals surface area contributed by atoms with Gasteiger partial charge in [-0.2, -0.15) is 0 Å². The van der Waals surface area contributed by atoms with Crippen molar-refractivity contribution >= 4 is 5.91 Å². The summed E-state index contributed by atoms with van der Waals surface area (Å²) in [6, 6.07) is 0.633. The van der Waals surface area contributed by atoms with Gasteiger partial charge >= 0.3 is 0 Å². The summed E-state index contributed by atoms with van der Waals surface area (Å²) in [6.45, 7) is 6.62. The predicted molar refractivity (Wildman–Crippen MR) is 65.1 cm³/mol. The smallest absolute Gasteiger partial charge is 0.226 e. The molecule has 1 aliphatic carbocycles. The van der Waals surface area contributed by atoms with E-state index in [4.69, 9.17) is 0 Å². The first-order chi connectivity index (χ1) is 7.79. The van der Waals surface area contributed by atoms with Crippen LogP contribution in [0.5, 0.6) is 0 Å². The molecule has 1 aliphatic heterocycles. The van der Waals surface area contributed by atoms with Gasteiger partial charge in [0.1, 0.15) is 0 Å². The highest BCUT2D eigenvalue weighted by molar-refractivity contribution is 5.77. The number of piperidine rings is 1. The Labute approximate surface area is 97.9 Å². The number of amides is 1. The zero-order valence-corrected chi connectivity index (χ0v) is 9.95. The van der Waals surface area contributed by atoms with E-state index in [-0.39, 0.29) is 5.91 Å². The highest BCUT2D eigenvalue weighted by atomic mass is 16.2. The number of hydrogen-bond acceptors (Lipinski definition) is 2. The second kappa shape index (κ2) is 5.48. The number of carbonyl (C=O) groups excluding carboxylic acids is 1. The van der Waals surface area contributed by atoms with Crippen LogP contribution in [0.1, 0.15) is 32.1 Å². The average Bonchev–Trinajstić information content (AvgIpc) is 3.11. The van der Waals surface area contributed by atoms with Crippen LogP contribution in [-0.2, 0) is 4.79 Å². The van der Waals surface area contributed by atoms with Gasteiger partial charge in [0.15, 0.2) is 0 Å². The molecule has 1 saturated heterocycles. The van der Waals surface area contributed by atoms with E-state index in [9.17, 15) is 4.79 Å². The maximum absolute atomic E-state index is 11.6. The highest BCUT2D eigenvalue weighted by Gasteiger charge is 2.25. The SMILES string of the molecule is C=CCC(=O)N1CCC(NCC2CC2)CC1. The van der Waals surface area contributed by atoms with Crippen LogP contribution in [-0.4, -0.2) is 36.5 Å². The lowest BCUT2D eigenvalue weighted by Gasteiger charge is -2.32. The van der Waals surface area contributed by atoms with E-state index in [0.29, 0.717) is 12.5 Å². The average molecular weight is 222 g/mol. The molecule has 1 saturated carbocycles. The normalized spacial score (nSPS) is 22.1. The molecule has 16 heavy (non-hydrogen) atoms. The Morgan fingerprint density at radius 1 is 1.31 bits per heavy atom. The van der Waals surface area contributed by atoms with Crippen molar-refractivity contribution in [2.45, 2.75) is 38.1 Å². The first-order valence-corrected chi connectivity index (χ1v) is 6.41. The molecule has 0 spiro atoms. The molecule has 1 heterocycles. The minimum absolute atomic E-state index is 0.232. The second-order valence-corrected chi connectivity index (χ2v) is 5.00. The Bertz CT molecular complexity index is 253. The fourth-order valence-electron chi connectivity index (χ4n) is 2.24. The summed E-state index contributed by atoms with van der Waals surface area (Å²) >= 11 is 0. The fraction of sp³-hybridized carbons (Fsp3) is 0.769. The number of nitrogens with zero attached hydrogens (tertiary/aromatic N) is 1. The summed E-state index contributed by atoms with van der Waals surface area (Å²) in [5.74, 6) is 1.18. The van der Waals surface area contributed by atoms with E-state index in [1.54, 1.807) is 6.08 Å². The van der Waals surface area contributed by atoms with Crippen LogP contribution in [0.4, 0.5) is 0 Å². The van der Waals surface area contributed by atoms with Gasteiger partial charge < -0.3 is 10.2 Å². The molecule has 3 heteroatoms. The molecule has 0 aromatic carbocycles. The molecule has 0 radical (unpaired) electrons. The van der Waals surface area contributed by atoms with E-state index < -0.39 is 0 Å². The topological polar surface area (TPSA) is 32.3 Å². The third-order valence-corrected chi connectivity index (χ3v) is 3.56. The Morgan fingerprint density at radius 3 is 2.56 bits per heavy atom. The van der Waals surface area contributed by atoms with Crippen molar-refractivity contribution in [3.05, 3.63) is 12.7 Å². The van der Waals surface area contributed by atoms with Gasteiger partial charge in [-0.1, -0.05) is 6.08 Å². The highest BCUT2D eigenvalue weighted by Crippen LogP contribution is 2.28. The van der Waals surface area contributed by atoms with Crippen LogP contribution < -0.4 is 5.32 Å². The van der Waals surface area contributed by atoms with Gasteiger partial charge in [0.25, 0.3) is 0 Å². The van der Waals surface area contributed by atoms with Gasteiger partial charge in [0.2, 0.25) is 5.91 Å². The van der Waals surface area contributed by atoms with Gasteiger partial charge in [-0.15, -0.1) is 6.58 Å². The molecule has 0 aromatic rings. The molecular weight excluding hydrogens is 200 g/mol. The first-order valence-electron chi connectivity index (χ1n) is 6.41. The van der Waals surface area contributed by atoms with Crippen LogP contribution >= 0.6 is 0 Å². The molecule has 0 bridgehead atoms. The zero-order valence-electron chi connectivity index (χ0n) is 9.95. The first kappa shape index (κ1) is 11.6. The molecule has 1 N–H and O–H groups in total. The Balaban J connectivity index is 1.64. The van der Waals surface area contributed by atoms with Gasteiger partial charge in [-0.05, 0) is 38.1 Å². The predicted octanol–water partition coefficient (Wildman–Crippen LogP) is 1.55. The molecule has 2 fully saturated rings. The van der Waals surface area contributed by atoms with Crippen molar-refractivity contribution in [2.24, 2.45) is 5.92 Å². The molecule has 0 unspecified atom stereocenters. The molecule has 0 aromatic heterocycles. The van der Waals surface area contributed by atoms with Gasteiger partial charge in [0, 0.05) is 25.6 Å². The van der Waals surface area contributed by atoms with Crippen LogP contribution in [0.25, 0.3) is 0 Å². The summed E-state index contributed by atoms with van der Waals surface area (Å²) in [7, 11) is 0. The standard InChI is InChI=1S/C13H22N2O/c1-2-3-13(16)15-8-6-12(7-9-15)14-10-11-4-5-11/h2,11-12,14H,1,3-10H2. The van der Waals surface area contributed by atoms with Crippen molar-refractivity contribution in [1.82, 2.24) is 10.2 Å². The lowest BCUT2D eigenvalue weighted by molar-refractivity contribution is -0.131. The van der Waals surface area contributed by atoms with Crippen molar-refractivity contribution in [1.29, 1.82) is 0 Å². The van der Waals surface area contributed by atoms with Crippen molar-refractivity contribution < 1.29 is 4.79 Å². The number of rotatable bonds is 5. The van der Waals surface area contributed by atoms with Crippen molar-refractivity contribution in [2.75, 3.05) is 19.6 Å². The maximum Gasteiger partial charge on any atom is 0.226 e. The third-order valence-electron chi connectivity index (χ3n) is 3.56. The van der Waals surface area contributed by atoms with Crippen LogP contribution in [0.3, 0.4) is 0 Å². The molecular formula is C13H22N2O. The Hall–Kier alpha value is -0.830. The maximum atomic E-state index is 11.6. The van der Waals surface area contributed by atoms with Gasteiger partial charge in [-0.3, -0.25) is 4.79 Å². The van der Waals surface area contributed by atoms with Crippen LogP contribution in [0, 0.1) is 5.92 Å².